The molecule has 2 aliphatic rings. The zero-order valence-electron chi connectivity index (χ0n) is 16.9. The lowest BCUT2D eigenvalue weighted by atomic mass is 9.92. The third kappa shape index (κ3) is 4.91. The van der Waals surface area contributed by atoms with E-state index < -0.39 is 0 Å². The monoisotopic (exact) mass is 389 g/mol. The minimum atomic E-state index is -0.102. The van der Waals surface area contributed by atoms with Gasteiger partial charge in [0.25, 0.3) is 5.91 Å². The summed E-state index contributed by atoms with van der Waals surface area (Å²) in [6, 6.07) is 0. The molecule has 0 aliphatic carbocycles. The molecule has 2 saturated heterocycles. The number of piperidine rings is 2. The number of likely N-dealkylation sites (tertiary alicyclic amines) is 2. The van der Waals surface area contributed by atoms with Gasteiger partial charge in [-0.25, -0.2) is 0 Å². The van der Waals surface area contributed by atoms with E-state index >= 15 is 0 Å². The van der Waals surface area contributed by atoms with Crippen molar-refractivity contribution in [3.05, 3.63) is 18.0 Å². The van der Waals surface area contributed by atoms with Crippen molar-refractivity contribution in [1.82, 2.24) is 24.9 Å². The molecule has 1 aromatic heterocycles. The summed E-state index contributed by atoms with van der Waals surface area (Å²) in [6.45, 7) is 5.28. The van der Waals surface area contributed by atoms with Crippen molar-refractivity contribution in [1.29, 1.82) is 0 Å². The zero-order chi connectivity index (χ0) is 20.1. The lowest BCUT2D eigenvalue weighted by Crippen LogP contribution is -2.49. The number of nitrogens with one attached hydrogen (secondary N) is 1. The number of carbonyl (C=O) groups excluding carboxylic acids is 3. The molecule has 1 atom stereocenters. The molecule has 1 unspecified atom stereocenters. The van der Waals surface area contributed by atoms with Crippen LogP contribution in [0.4, 0.5) is 0 Å². The van der Waals surface area contributed by atoms with Gasteiger partial charge in [-0.3, -0.25) is 19.1 Å². The van der Waals surface area contributed by atoms with Gasteiger partial charge in [0.2, 0.25) is 11.8 Å². The Balaban J connectivity index is 1.42. The third-order valence-corrected chi connectivity index (χ3v) is 5.87. The average Bonchev–Trinajstić information content (AvgIpc) is 3.17. The normalized spacial score (nSPS) is 20.9. The molecule has 3 amide bonds. The maximum Gasteiger partial charge on any atom is 0.254 e. The molecule has 3 rings (SSSR count). The van der Waals surface area contributed by atoms with Crippen LogP contribution in [0.1, 0.15) is 49.4 Å². The van der Waals surface area contributed by atoms with E-state index in [2.05, 4.69) is 10.4 Å². The SMILES string of the molecule is CCC(=O)N1CCCC(C(=O)N2CCC(CNC(=O)c3cnn(C)c3)CC2)C1. The van der Waals surface area contributed by atoms with E-state index in [0.29, 0.717) is 31.0 Å². The quantitative estimate of drug-likeness (QED) is 0.815. The van der Waals surface area contributed by atoms with Crippen molar-refractivity contribution in [3.8, 4) is 0 Å². The standard InChI is InChI=1S/C20H31N5O3/c1-3-18(26)25-8-4-5-16(14-25)20(28)24-9-6-15(7-10-24)11-21-19(27)17-12-22-23(2)13-17/h12-13,15-16H,3-11,14H2,1-2H3,(H,21,27). The van der Waals surface area contributed by atoms with E-state index in [9.17, 15) is 14.4 Å². The zero-order valence-corrected chi connectivity index (χ0v) is 16.9. The maximum absolute atomic E-state index is 12.9. The van der Waals surface area contributed by atoms with Gasteiger partial charge in [-0.1, -0.05) is 6.92 Å². The van der Waals surface area contributed by atoms with E-state index in [4.69, 9.17) is 0 Å². The van der Waals surface area contributed by atoms with Gasteiger partial charge in [-0.05, 0) is 31.6 Å². The Labute approximate surface area is 166 Å². The second kappa shape index (κ2) is 9.21. The van der Waals surface area contributed by atoms with Crippen LogP contribution in [-0.2, 0) is 16.6 Å². The number of hydrogen-bond acceptors (Lipinski definition) is 4. The first-order valence-corrected chi connectivity index (χ1v) is 10.3. The number of nitrogens with zero attached hydrogens (tertiary/aromatic N) is 4. The molecule has 0 spiro atoms. The molecule has 0 radical (unpaired) electrons. The van der Waals surface area contributed by atoms with Crippen LogP contribution in [0.2, 0.25) is 0 Å². The number of amides is 3. The van der Waals surface area contributed by atoms with Crippen molar-refractivity contribution in [2.75, 3.05) is 32.7 Å². The van der Waals surface area contributed by atoms with Gasteiger partial charge < -0.3 is 15.1 Å². The largest absolute Gasteiger partial charge is 0.352 e. The van der Waals surface area contributed by atoms with Crippen LogP contribution in [-0.4, -0.2) is 70.0 Å². The highest BCUT2D eigenvalue weighted by molar-refractivity contribution is 5.93. The molecule has 2 fully saturated rings. The Hall–Kier alpha value is -2.38. The molecule has 8 nitrogen and oxygen atoms in total. The predicted octanol–water partition coefficient (Wildman–Crippen LogP) is 1.04. The van der Waals surface area contributed by atoms with Crippen molar-refractivity contribution < 1.29 is 14.4 Å². The maximum atomic E-state index is 12.9. The predicted molar refractivity (Wildman–Crippen MR) is 104 cm³/mol. The lowest BCUT2D eigenvalue weighted by Gasteiger charge is -2.38. The van der Waals surface area contributed by atoms with Crippen LogP contribution in [0, 0.1) is 11.8 Å². The van der Waals surface area contributed by atoms with Gasteiger partial charge in [0.1, 0.15) is 0 Å². The fraction of sp³-hybridized carbons (Fsp3) is 0.700. The van der Waals surface area contributed by atoms with Crippen LogP contribution < -0.4 is 5.32 Å². The van der Waals surface area contributed by atoms with Gasteiger partial charge in [0.05, 0.1) is 17.7 Å². The first-order chi connectivity index (χ1) is 13.5. The van der Waals surface area contributed by atoms with E-state index in [1.54, 1.807) is 24.1 Å². The van der Waals surface area contributed by atoms with Crippen LogP contribution >= 0.6 is 0 Å². The van der Waals surface area contributed by atoms with Gasteiger partial charge in [-0.2, -0.15) is 5.10 Å². The highest BCUT2D eigenvalue weighted by Crippen LogP contribution is 2.23. The molecule has 0 bridgehead atoms. The Morgan fingerprint density at radius 2 is 1.89 bits per heavy atom. The molecular weight excluding hydrogens is 358 g/mol. The first kappa shape index (κ1) is 20.4. The molecule has 2 aliphatic heterocycles. The minimum absolute atomic E-state index is 0.0638. The third-order valence-electron chi connectivity index (χ3n) is 5.87. The Kier molecular flexibility index (Phi) is 6.70. The van der Waals surface area contributed by atoms with Crippen molar-refractivity contribution in [3.63, 3.8) is 0 Å². The highest BCUT2D eigenvalue weighted by atomic mass is 16.2. The Bertz CT molecular complexity index is 708. The molecule has 3 heterocycles. The summed E-state index contributed by atoms with van der Waals surface area (Å²) in [5.74, 6) is 0.543. The number of carbonyl (C=O) groups is 3. The van der Waals surface area contributed by atoms with Crippen molar-refractivity contribution in [2.24, 2.45) is 18.9 Å². The van der Waals surface area contributed by atoms with E-state index in [1.807, 2.05) is 16.7 Å². The topological polar surface area (TPSA) is 87.5 Å². The number of rotatable bonds is 5. The summed E-state index contributed by atoms with van der Waals surface area (Å²) >= 11 is 0. The van der Waals surface area contributed by atoms with E-state index in [0.717, 1.165) is 45.3 Å². The first-order valence-electron chi connectivity index (χ1n) is 10.3. The minimum Gasteiger partial charge on any atom is -0.352 e. The van der Waals surface area contributed by atoms with Gasteiger partial charge in [-0.15, -0.1) is 0 Å². The summed E-state index contributed by atoms with van der Waals surface area (Å²) in [6.07, 6.45) is 7.32. The molecule has 28 heavy (non-hydrogen) atoms. The molecule has 0 aromatic carbocycles. The van der Waals surface area contributed by atoms with Crippen LogP contribution in [0.15, 0.2) is 12.4 Å². The Morgan fingerprint density at radius 3 is 2.54 bits per heavy atom. The van der Waals surface area contributed by atoms with Crippen molar-refractivity contribution >= 4 is 17.7 Å². The van der Waals surface area contributed by atoms with Crippen LogP contribution in [0.3, 0.4) is 0 Å². The number of aromatic nitrogens is 2. The van der Waals surface area contributed by atoms with Crippen LogP contribution in [0.5, 0.6) is 0 Å². The second-order valence-electron chi connectivity index (χ2n) is 7.91. The summed E-state index contributed by atoms with van der Waals surface area (Å²) in [7, 11) is 1.78. The van der Waals surface area contributed by atoms with Crippen LogP contribution in [0.25, 0.3) is 0 Å². The van der Waals surface area contributed by atoms with E-state index in [1.165, 1.54) is 0 Å². The summed E-state index contributed by atoms with van der Waals surface area (Å²) in [4.78, 5) is 40.7. The van der Waals surface area contributed by atoms with Gasteiger partial charge in [0, 0.05) is 52.4 Å². The van der Waals surface area contributed by atoms with Crippen molar-refractivity contribution in [2.45, 2.75) is 39.0 Å². The smallest absolute Gasteiger partial charge is 0.254 e. The fourth-order valence-electron chi connectivity index (χ4n) is 4.12. The molecule has 1 N–H and O–H groups in total. The summed E-state index contributed by atoms with van der Waals surface area (Å²) in [5, 5.41) is 6.99. The highest BCUT2D eigenvalue weighted by Gasteiger charge is 2.32. The molecular formula is C20H31N5O3. The number of hydrogen-bond donors (Lipinski definition) is 1. The van der Waals surface area contributed by atoms with Gasteiger partial charge in [0.15, 0.2) is 0 Å². The molecule has 154 valence electrons. The second-order valence-corrected chi connectivity index (χ2v) is 7.91. The lowest BCUT2D eigenvalue weighted by molar-refractivity contribution is -0.141. The van der Waals surface area contributed by atoms with Gasteiger partial charge >= 0.3 is 0 Å². The molecule has 0 saturated carbocycles. The number of aryl methyl sites for hydroxylation is 1. The fourth-order valence-corrected chi connectivity index (χ4v) is 4.12. The average molecular weight is 390 g/mol. The summed E-state index contributed by atoms with van der Waals surface area (Å²) < 4.78 is 1.61. The molecule has 1 aromatic rings. The van der Waals surface area contributed by atoms with E-state index in [-0.39, 0.29) is 23.6 Å². The molecule has 8 heteroatoms. The Morgan fingerprint density at radius 1 is 1.14 bits per heavy atom. The summed E-state index contributed by atoms with van der Waals surface area (Å²) in [5.41, 5.74) is 0.568.